The van der Waals surface area contributed by atoms with Gasteiger partial charge in [-0.2, -0.15) is 0 Å². The highest BCUT2D eigenvalue weighted by atomic mass is 79.9. The van der Waals surface area contributed by atoms with Crippen molar-refractivity contribution >= 4 is 139 Å². The molecule has 2 aliphatic heterocycles. The number of hydrogen-bond donors (Lipinski definition) is 7. The van der Waals surface area contributed by atoms with Gasteiger partial charge in [-0.05, 0) is 92.4 Å². The predicted octanol–water partition coefficient (Wildman–Crippen LogP) is 12.7. The van der Waals surface area contributed by atoms with Crippen LogP contribution >= 0.6 is 71.0 Å². The minimum atomic E-state index is -1.39. The Labute approximate surface area is 651 Å². The number of benzene rings is 6. The van der Waals surface area contributed by atoms with Crippen LogP contribution in [0.15, 0.2) is 152 Å². The second-order valence-electron chi connectivity index (χ2n) is 24.0. The van der Waals surface area contributed by atoms with E-state index < -0.39 is 72.4 Å². The average Bonchev–Trinajstić information content (AvgIpc) is 0.790. The molecule has 2 fully saturated rings. The highest BCUT2D eigenvalue weighted by Gasteiger charge is 2.33. The third-order valence-electron chi connectivity index (χ3n) is 16.1. The number of nitrogens with one attached hydrogen (secondary N) is 1. The number of esters is 1. The maximum absolute atomic E-state index is 12.2. The number of nitro benzene ring substituents is 4. The first-order valence-electron chi connectivity index (χ1n) is 33.1. The minimum Gasteiger partial charge on any atom is -0.481 e. The summed E-state index contributed by atoms with van der Waals surface area (Å²) in [5.41, 5.74) is -1.72. The quantitative estimate of drug-likeness (QED) is 0.00787. The summed E-state index contributed by atoms with van der Waals surface area (Å²) in [7, 11) is 0. The van der Waals surface area contributed by atoms with E-state index in [1.54, 1.807) is 0 Å². The van der Waals surface area contributed by atoms with Gasteiger partial charge in [0.15, 0.2) is 5.76 Å². The largest absolute Gasteiger partial charge is 0.481 e. The van der Waals surface area contributed by atoms with E-state index in [0.29, 0.717) is 73.4 Å². The summed E-state index contributed by atoms with van der Waals surface area (Å²) >= 11 is 22.0. The van der Waals surface area contributed by atoms with Crippen LogP contribution in [-0.4, -0.2) is 165 Å². The van der Waals surface area contributed by atoms with Crippen LogP contribution in [0.4, 0.5) is 22.7 Å². The summed E-state index contributed by atoms with van der Waals surface area (Å²) in [5, 5.41) is 105. The van der Waals surface area contributed by atoms with Crippen molar-refractivity contribution in [3.8, 4) is 5.95 Å². The molecule has 7 N–H and O–H groups in total. The van der Waals surface area contributed by atoms with E-state index in [1.807, 2.05) is 48.5 Å². The predicted molar refractivity (Wildman–Crippen MR) is 410 cm³/mol. The van der Waals surface area contributed by atoms with Crippen molar-refractivity contribution in [1.29, 1.82) is 0 Å². The first kappa shape index (κ1) is 89.4. The molecular formula is C72H77Br3Cl2N6O25. The number of aliphatic carboxylic acids is 1. The summed E-state index contributed by atoms with van der Waals surface area (Å²) < 4.78 is 26.0. The number of aromatic carboxylic acids is 2. The maximum Gasteiger partial charge on any atom is 0.346 e. The van der Waals surface area contributed by atoms with Crippen LogP contribution in [0, 0.1) is 40.5 Å². The van der Waals surface area contributed by atoms with Crippen LogP contribution < -0.4 is 21.3 Å². The van der Waals surface area contributed by atoms with Gasteiger partial charge in [-0.3, -0.25) is 50.0 Å². The molecule has 2 aromatic heterocycles. The van der Waals surface area contributed by atoms with E-state index in [1.165, 1.54) is 35.9 Å². The summed E-state index contributed by atoms with van der Waals surface area (Å²) in [6, 6.07) is 34.4. The zero-order valence-electron chi connectivity index (χ0n) is 57.7. The van der Waals surface area contributed by atoms with E-state index >= 15 is 0 Å². The second kappa shape index (κ2) is 45.6. The third-order valence-corrected chi connectivity index (χ3v) is 18.3. The number of rotatable bonds is 28. The van der Waals surface area contributed by atoms with Crippen molar-refractivity contribution in [2.24, 2.45) is 0 Å². The van der Waals surface area contributed by atoms with Crippen molar-refractivity contribution in [2.45, 2.75) is 88.4 Å². The molecule has 2 saturated heterocycles. The Kier molecular flexibility index (Phi) is 37.7. The first-order valence-corrected chi connectivity index (χ1v) is 37.2. The molecule has 0 radical (unpaired) electrons. The molecule has 10 rings (SSSR count). The lowest BCUT2D eigenvalue weighted by molar-refractivity contribution is -0.385. The smallest absolute Gasteiger partial charge is 0.346 e. The van der Waals surface area contributed by atoms with Crippen LogP contribution in [0.5, 0.6) is 5.95 Å². The molecular weight excluding hydrogens is 1660 g/mol. The molecule has 36 heteroatoms. The number of hydrogen-bond acceptors (Lipinski definition) is 24. The van der Waals surface area contributed by atoms with Gasteiger partial charge in [0.05, 0.1) is 90.5 Å². The van der Waals surface area contributed by atoms with Gasteiger partial charge < -0.3 is 63.9 Å². The number of likely N-dealkylation sites (tertiary alicyclic amines) is 1. The van der Waals surface area contributed by atoms with E-state index in [4.69, 9.17) is 66.7 Å². The molecule has 0 atom stereocenters. The molecule has 0 saturated carbocycles. The Bertz CT molecular complexity index is 4490. The number of nitro groups is 4. The Morgan fingerprint density at radius 3 is 1.44 bits per heavy atom. The molecule has 0 bridgehead atoms. The Morgan fingerprint density at radius 2 is 1.00 bits per heavy atom. The standard InChI is InChI=1S/C24H25ClN2O6.C12H9BrClNO5.C12H12BrNO6.C12H17NO.C9H7NO6.C3H7BrO/c25-21-19-8-7-18(27(30)31)15-20(19)22(28)33-23(21)32-14-4-11-26-12-9-24(29,10-13-26)16-17-5-2-1-3-6-17;13-3-4-19-6-10-11(14)8-2-1-7(15(17)18)5-9(8)12(16)20-10;13-4-1-5-20-11(15)6-8-2-3-9(14(18)19)7-10(8)12(16)17;14-12(6-8-13-9-7-12)10-11-4-2-1-3-5-11;11-8(12)3-5-1-2-6(10(15)16)4-7(5)9(13)14;4-2-1-3-5/h1-3,5-8,15,29H,4,9-14,16H2;1-2,5H,3-4,6H2;2-3,7H,1,4-6H2,(H,16,17);1-5,13-14H,6-10H2;1-2,4H,3H2,(H,11,12)(H,13,14);5H,1-3H2. The van der Waals surface area contributed by atoms with Crippen LogP contribution in [0.25, 0.3) is 21.5 Å². The fraction of sp³-hybridized carbons (Fsp3) is 0.361. The SMILES string of the molecule is O=C(Cc1ccc([N+](=O)[O-])cc1C(=O)O)OCCCBr.O=C(O)Cc1ccc([N+](=O)[O-])cc1C(=O)O.O=c1oc(COCCBr)c(Cl)c2ccc([N+](=O)[O-])cc12.O=c1oc(OCCCN2CCC(O)(Cc3ccccc3)CC2)c(Cl)c2ccc([N+](=O)[O-])cc12.OC1(Cc2ccccc2)CCNCC1.OCCCBr. The number of fused-ring (bicyclic) bond motifs is 2. The van der Waals surface area contributed by atoms with Gasteiger partial charge in [-0.15, -0.1) is 0 Å². The number of aliphatic hydroxyl groups excluding tert-OH is 1. The molecule has 580 valence electrons. The molecule has 108 heavy (non-hydrogen) atoms. The Balaban J connectivity index is 0.000000246. The third kappa shape index (κ3) is 29.4. The first-order chi connectivity index (χ1) is 51.4. The molecule has 0 unspecified atom stereocenters. The number of nitrogens with zero attached hydrogens (tertiary/aromatic N) is 5. The maximum atomic E-state index is 12.2. The topological polar surface area (TPSA) is 466 Å². The Morgan fingerprint density at radius 1 is 0.546 bits per heavy atom. The van der Waals surface area contributed by atoms with Gasteiger partial charge in [0, 0.05) is 114 Å². The van der Waals surface area contributed by atoms with Crippen molar-refractivity contribution in [3.05, 3.63) is 244 Å². The van der Waals surface area contributed by atoms with Gasteiger partial charge >= 0.3 is 41.1 Å². The summed E-state index contributed by atoms with van der Waals surface area (Å²) in [4.78, 5) is 110. The molecule has 31 nitrogen and oxygen atoms in total. The normalized spacial score (nSPS) is 13.3. The molecule has 0 spiro atoms. The number of carboxylic acid groups (broad SMARTS) is 3. The number of ether oxygens (including phenoxy) is 3. The number of carbonyl (C=O) groups excluding carboxylic acids is 1. The van der Waals surface area contributed by atoms with Gasteiger partial charge in [-0.25, -0.2) is 19.2 Å². The highest BCUT2D eigenvalue weighted by Crippen LogP contribution is 2.34. The van der Waals surface area contributed by atoms with Crippen LogP contribution in [-0.2, 0) is 51.4 Å². The minimum absolute atomic E-state index is 0.0330. The number of carboxylic acids is 3. The van der Waals surface area contributed by atoms with Gasteiger partial charge in [0.25, 0.3) is 22.7 Å². The number of carbonyl (C=O) groups is 4. The molecule has 2 aliphatic rings. The van der Waals surface area contributed by atoms with Crippen LogP contribution in [0.1, 0.15) is 93.7 Å². The van der Waals surface area contributed by atoms with Crippen LogP contribution in [0.3, 0.4) is 0 Å². The molecule has 6 aromatic carbocycles. The number of aliphatic hydroxyl groups is 3. The summed E-state index contributed by atoms with van der Waals surface area (Å²) in [5.74, 6) is -4.35. The lowest BCUT2D eigenvalue weighted by atomic mass is 9.85. The molecule has 4 heterocycles. The monoisotopic (exact) mass is 1730 g/mol. The van der Waals surface area contributed by atoms with Gasteiger partial charge in [0.1, 0.15) is 11.6 Å². The van der Waals surface area contributed by atoms with Gasteiger partial charge in [-0.1, -0.05) is 144 Å². The second-order valence-corrected chi connectivity index (χ2v) is 27.1. The lowest BCUT2D eigenvalue weighted by Crippen LogP contribution is -2.46. The Hall–Kier alpha value is -9.20. The zero-order chi connectivity index (χ0) is 79.5. The number of alkyl halides is 3. The van der Waals surface area contributed by atoms with Crippen molar-refractivity contribution in [2.75, 3.05) is 75.1 Å². The van der Waals surface area contributed by atoms with E-state index in [0.717, 1.165) is 112 Å². The highest BCUT2D eigenvalue weighted by molar-refractivity contribution is 9.09. The number of piperidine rings is 2. The number of halogens is 5. The van der Waals surface area contributed by atoms with Gasteiger partial charge in [0.2, 0.25) is 0 Å². The molecule has 0 amide bonds. The lowest BCUT2D eigenvalue weighted by Gasteiger charge is -2.38. The van der Waals surface area contributed by atoms with E-state index in [-0.39, 0.29) is 97.2 Å². The van der Waals surface area contributed by atoms with Crippen molar-refractivity contribution in [3.63, 3.8) is 0 Å². The van der Waals surface area contributed by atoms with Crippen LogP contribution in [0.2, 0.25) is 10.0 Å². The molecule has 8 aromatic rings. The van der Waals surface area contributed by atoms with E-state index in [2.05, 4.69) is 70.1 Å². The fourth-order valence-electron chi connectivity index (χ4n) is 10.6. The fourth-order valence-corrected chi connectivity index (χ4v) is 11.9. The van der Waals surface area contributed by atoms with E-state index in [9.17, 15) is 79.4 Å². The van der Waals surface area contributed by atoms with Crippen molar-refractivity contribution in [1.82, 2.24) is 10.2 Å². The summed E-state index contributed by atoms with van der Waals surface area (Å²) in [6.45, 7) is 5.58. The average molecular weight is 1740 g/mol. The zero-order valence-corrected chi connectivity index (χ0v) is 64.0. The summed E-state index contributed by atoms with van der Waals surface area (Å²) in [6.07, 6.45) is 6.07. The molecule has 0 aliphatic carbocycles. The number of non-ortho nitro benzene ring substituents is 4. The van der Waals surface area contributed by atoms with Crippen molar-refractivity contribution < 1.29 is 92.6 Å².